The number of halogens is 4. The monoisotopic (exact) mass is 350 g/mol. The van der Waals surface area contributed by atoms with Crippen molar-refractivity contribution in [2.24, 2.45) is 5.41 Å². The lowest BCUT2D eigenvalue weighted by atomic mass is 9.86. The molecule has 8 heteroatoms. The van der Waals surface area contributed by atoms with Crippen LogP contribution in [0.1, 0.15) is 23.2 Å². The van der Waals surface area contributed by atoms with Gasteiger partial charge in [0.2, 0.25) is 0 Å². The highest BCUT2D eigenvalue weighted by molar-refractivity contribution is 5.94. The minimum Gasteiger partial charge on any atom is -0.406 e. The van der Waals surface area contributed by atoms with Gasteiger partial charge in [0, 0.05) is 30.6 Å². The Morgan fingerprint density at radius 1 is 1.30 bits per heavy atom. The molecule has 0 aromatic heterocycles. The van der Waals surface area contributed by atoms with Crippen molar-refractivity contribution in [1.29, 1.82) is 0 Å². The summed E-state index contributed by atoms with van der Waals surface area (Å²) in [5, 5.41) is 3.31. The topological polar surface area (TPSA) is 41.6 Å². The Morgan fingerprint density at radius 3 is 2.74 bits per heavy atom. The van der Waals surface area contributed by atoms with Gasteiger partial charge in [-0.2, -0.15) is 0 Å². The fourth-order valence-corrected chi connectivity index (χ4v) is 3.26. The van der Waals surface area contributed by atoms with Crippen molar-refractivity contribution in [3.63, 3.8) is 0 Å². The van der Waals surface area contributed by atoms with Gasteiger partial charge in [-0.1, -0.05) is 6.07 Å². The number of hydrogen-bond acceptors (Lipinski definition) is 3. The number of benzene rings is 1. The normalized spacial score (nSPS) is 23.9. The van der Waals surface area contributed by atoms with E-state index in [0.717, 1.165) is 32.0 Å². The number of nitrogens with zero attached hydrogens (tertiary/aromatic N) is 1. The maximum Gasteiger partial charge on any atom is 0.573 e. The second-order valence-electron chi connectivity index (χ2n) is 5.98. The molecule has 0 bridgehead atoms. The highest BCUT2D eigenvalue weighted by atomic mass is 35.5. The molecule has 1 spiro atoms. The average Bonchev–Trinajstić information content (AvgIpc) is 3.07. The van der Waals surface area contributed by atoms with E-state index in [0.29, 0.717) is 13.1 Å². The highest BCUT2D eigenvalue weighted by Crippen LogP contribution is 2.36. The Balaban J connectivity index is 0.00000192. The number of carbonyl (C=O) groups is 1. The van der Waals surface area contributed by atoms with Gasteiger partial charge in [-0.15, -0.1) is 25.6 Å². The Labute approximate surface area is 138 Å². The molecule has 1 amide bonds. The number of likely N-dealkylation sites (tertiary alicyclic amines) is 1. The summed E-state index contributed by atoms with van der Waals surface area (Å²) in [6, 6.07) is 5.26. The van der Waals surface area contributed by atoms with Crippen LogP contribution in [0.5, 0.6) is 5.75 Å². The van der Waals surface area contributed by atoms with Crippen molar-refractivity contribution in [2.75, 3.05) is 26.2 Å². The molecule has 0 saturated carbocycles. The van der Waals surface area contributed by atoms with Crippen LogP contribution in [0.25, 0.3) is 0 Å². The van der Waals surface area contributed by atoms with Crippen molar-refractivity contribution in [3.8, 4) is 5.75 Å². The first-order valence-electron chi connectivity index (χ1n) is 7.23. The van der Waals surface area contributed by atoms with E-state index in [1.54, 1.807) is 4.90 Å². The van der Waals surface area contributed by atoms with Crippen LogP contribution in [0.15, 0.2) is 24.3 Å². The standard InChI is InChI=1S/C15H17F3N2O2.ClH/c16-15(17,18)22-12-3-1-2-11(8-12)13(21)20-7-5-14(10-20)4-6-19-9-14;/h1-3,8,19H,4-7,9-10H2;1H. The van der Waals surface area contributed by atoms with E-state index in [1.165, 1.54) is 18.2 Å². The first-order valence-corrected chi connectivity index (χ1v) is 7.23. The molecule has 23 heavy (non-hydrogen) atoms. The predicted octanol–water partition coefficient (Wildman–Crippen LogP) is 2.83. The van der Waals surface area contributed by atoms with Crippen LogP contribution in [0.4, 0.5) is 13.2 Å². The Bertz CT molecular complexity index is 574. The van der Waals surface area contributed by atoms with E-state index in [4.69, 9.17) is 0 Å². The zero-order chi connectivity index (χ0) is 15.8. The van der Waals surface area contributed by atoms with Crippen molar-refractivity contribution < 1.29 is 22.7 Å². The van der Waals surface area contributed by atoms with Crippen LogP contribution >= 0.6 is 12.4 Å². The summed E-state index contributed by atoms with van der Waals surface area (Å²) in [6.07, 6.45) is -2.78. The lowest BCUT2D eigenvalue weighted by Crippen LogP contribution is -2.33. The molecule has 2 saturated heterocycles. The van der Waals surface area contributed by atoms with Gasteiger partial charge in [-0.25, -0.2) is 0 Å². The van der Waals surface area contributed by atoms with Gasteiger partial charge < -0.3 is 15.0 Å². The second-order valence-corrected chi connectivity index (χ2v) is 5.98. The molecule has 1 atom stereocenters. The summed E-state index contributed by atoms with van der Waals surface area (Å²) in [5.41, 5.74) is 0.361. The van der Waals surface area contributed by atoms with Gasteiger partial charge in [-0.3, -0.25) is 4.79 Å². The minimum atomic E-state index is -4.76. The summed E-state index contributed by atoms with van der Waals surface area (Å²) in [4.78, 5) is 14.2. The van der Waals surface area contributed by atoms with E-state index in [-0.39, 0.29) is 35.0 Å². The van der Waals surface area contributed by atoms with E-state index in [9.17, 15) is 18.0 Å². The second kappa shape index (κ2) is 6.57. The molecule has 1 N–H and O–H groups in total. The van der Waals surface area contributed by atoms with Crippen LogP contribution in [0.3, 0.4) is 0 Å². The van der Waals surface area contributed by atoms with E-state index >= 15 is 0 Å². The summed E-state index contributed by atoms with van der Waals surface area (Å²) >= 11 is 0. The highest BCUT2D eigenvalue weighted by Gasteiger charge is 2.42. The summed E-state index contributed by atoms with van der Waals surface area (Å²) < 4.78 is 40.6. The van der Waals surface area contributed by atoms with Gasteiger partial charge in [0.05, 0.1) is 0 Å². The molecule has 2 aliphatic rings. The van der Waals surface area contributed by atoms with Crippen LogP contribution in [-0.2, 0) is 0 Å². The van der Waals surface area contributed by atoms with Gasteiger partial charge >= 0.3 is 6.36 Å². The number of carbonyl (C=O) groups excluding carboxylic acids is 1. The molecule has 3 rings (SSSR count). The van der Waals surface area contributed by atoms with Crippen LogP contribution in [0.2, 0.25) is 0 Å². The summed E-state index contributed by atoms with van der Waals surface area (Å²) in [5.74, 6) is -0.605. The predicted molar refractivity (Wildman–Crippen MR) is 80.8 cm³/mol. The summed E-state index contributed by atoms with van der Waals surface area (Å²) in [7, 11) is 0. The fraction of sp³-hybridized carbons (Fsp3) is 0.533. The van der Waals surface area contributed by atoms with Crippen LogP contribution in [0, 0.1) is 5.41 Å². The zero-order valence-electron chi connectivity index (χ0n) is 12.4. The van der Waals surface area contributed by atoms with Crippen molar-refractivity contribution >= 4 is 18.3 Å². The SMILES string of the molecule is Cl.O=C(c1cccc(OC(F)(F)F)c1)N1CCC2(CCNC2)C1. The van der Waals surface area contributed by atoms with Crippen LogP contribution < -0.4 is 10.1 Å². The third kappa shape index (κ3) is 4.09. The maximum atomic E-state index is 12.5. The number of hydrogen-bond donors (Lipinski definition) is 1. The molecule has 128 valence electrons. The molecule has 0 aliphatic carbocycles. The first-order chi connectivity index (χ1) is 10.4. The number of rotatable bonds is 2. The van der Waals surface area contributed by atoms with Crippen LogP contribution in [-0.4, -0.2) is 43.3 Å². The van der Waals surface area contributed by atoms with Gasteiger partial charge in [0.25, 0.3) is 5.91 Å². The minimum absolute atomic E-state index is 0. The fourth-order valence-electron chi connectivity index (χ4n) is 3.26. The summed E-state index contributed by atoms with van der Waals surface area (Å²) in [6.45, 7) is 3.15. The molecule has 2 heterocycles. The number of ether oxygens (including phenoxy) is 1. The van der Waals surface area contributed by atoms with Crippen molar-refractivity contribution in [1.82, 2.24) is 10.2 Å². The Morgan fingerprint density at radius 2 is 2.09 bits per heavy atom. The molecule has 0 radical (unpaired) electrons. The molecule has 1 aromatic rings. The average molecular weight is 351 g/mol. The number of amides is 1. The number of alkyl halides is 3. The van der Waals surface area contributed by atoms with E-state index in [1.807, 2.05) is 0 Å². The molecule has 1 unspecified atom stereocenters. The van der Waals surface area contributed by atoms with Gasteiger partial charge in [0.1, 0.15) is 5.75 Å². The lowest BCUT2D eigenvalue weighted by Gasteiger charge is -2.23. The zero-order valence-corrected chi connectivity index (χ0v) is 13.2. The molecule has 2 fully saturated rings. The smallest absolute Gasteiger partial charge is 0.406 e. The first kappa shape index (κ1) is 17.9. The molecular formula is C15H18ClF3N2O2. The molecular weight excluding hydrogens is 333 g/mol. The Kier molecular flexibility index (Phi) is 5.10. The van der Waals surface area contributed by atoms with Crippen molar-refractivity contribution in [2.45, 2.75) is 19.2 Å². The lowest BCUT2D eigenvalue weighted by molar-refractivity contribution is -0.274. The quantitative estimate of drug-likeness (QED) is 0.891. The maximum absolute atomic E-state index is 12.5. The molecule has 2 aliphatic heterocycles. The van der Waals surface area contributed by atoms with E-state index in [2.05, 4.69) is 10.1 Å². The molecule has 4 nitrogen and oxygen atoms in total. The number of nitrogens with one attached hydrogen (secondary N) is 1. The van der Waals surface area contributed by atoms with Gasteiger partial charge in [0.15, 0.2) is 0 Å². The molecule has 1 aromatic carbocycles. The van der Waals surface area contributed by atoms with Gasteiger partial charge in [-0.05, 0) is 37.6 Å². The third-order valence-electron chi connectivity index (χ3n) is 4.37. The third-order valence-corrected chi connectivity index (χ3v) is 4.37. The Hall–Kier alpha value is -1.47. The van der Waals surface area contributed by atoms with Crippen molar-refractivity contribution in [3.05, 3.63) is 29.8 Å². The largest absolute Gasteiger partial charge is 0.573 e. The van der Waals surface area contributed by atoms with E-state index < -0.39 is 6.36 Å².